The molecule has 0 aliphatic carbocycles. The van der Waals surface area contributed by atoms with Crippen LogP contribution >= 0.6 is 15.9 Å². The molecule has 0 amide bonds. The first-order chi connectivity index (χ1) is 10.6. The molecule has 2 rings (SSSR count). The molecule has 2 heterocycles. The first kappa shape index (κ1) is 20.8. The Morgan fingerprint density at radius 3 is 1.33 bits per heavy atom. The Morgan fingerprint density at radius 2 is 1.12 bits per heavy atom. The molecule has 1 saturated heterocycles. The molecular formula is C14H36N4O2P2Si2. The van der Waals surface area contributed by atoms with Crippen molar-refractivity contribution in [2.75, 3.05) is 28.2 Å². The van der Waals surface area contributed by atoms with Gasteiger partial charge in [-0.15, -0.1) is 0 Å². The summed E-state index contributed by atoms with van der Waals surface area (Å²) in [6, 6.07) is 0. The van der Waals surface area contributed by atoms with E-state index in [1.54, 1.807) is 0 Å². The molecule has 0 aromatic carbocycles. The van der Waals surface area contributed by atoms with E-state index in [4.69, 9.17) is 9.05 Å². The molecule has 2 aliphatic heterocycles. The maximum atomic E-state index is 6.83. The van der Waals surface area contributed by atoms with Crippen LogP contribution in [0.3, 0.4) is 0 Å². The van der Waals surface area contributed by atoms with Gasteiger partial charge in [-0.25, -0.2) is 0 Å². The molecule has 0 atom stereocenters. The van der Waals surface area contributed by atoms with E-state index in [0.717, 1.165) is 11.5 Å². The molecule has 0 aromatic heterocycles. The fourth-order valence-corrected chi connectivity index (χ4v) is 29.8. The molecule has 0 N–H and O–H groups in total. The van der Waals surface area contributed by atoms with E-state index in [1.165, 1.54) is 0 Å². The van der Waals surface area contributed by atoms with E-state index in [9.17, 15) is 0 Å². The average molecular weight is 411 g/mol. The van der Waals surface area contributed by atoms with Gasteiger partial charge in [0.1, 0.15) is 0 Å². The molecule has 24 heavy (non-hydrogen) atoms. The Balaban J connectivity index is 2.78. The van der Waals surface area contributed by atoms with E-state index in [0.29, 0.717) is 0 Å². The Morgan fingerprint density at radius 1 is 0.792 bits per heavy atom. The second-order valence-corrected chi connectivity index (χ2v) is 26.5. The van der Waals surface area contributed by atoms with Crippen molar-refractivity contribution >= 4 is 32.4 Å². The van der Waals surface area contributed by atoms with Gasteiger partial charge >= 0.3 is 152 Å². The van der Waals surface area contributed by atoms with Crippen LogP contribution in [-0.2, 0) is 9.05 Å². The normalized spacial score (nSPS) is 29.4. The van der Waals surface area contributed by atoms with Gasteiger partial charge in [0.2, 0.25) is 0 Å². The number of hydrogen-bond donors (Lipinski definition) is 0. The minimum absolute atomic E-state index is 0.575. The quantitative estimate of drug-likeness (QED) is 0.476. The van der Waals surface area contributed by atoms with E-state index in [1.807, 2.05) is 13.8 Å². The summed E-state index contributed by atoms with van der Waals surface area (Å²) in [6.07, 6.45) is 0. The second-order valence-electron chi connectivity index (χ2n) is 9.01. The molecule has 6 nitrogen and oxygen atoms in total. The third-order valence-corrected chi connectivity index (χ3v) is 25.1. The van der Waals surface area contributed by atoms with E-state index >= 15 is 0 Å². The molecular weight excluding hydrogens is 374 g/mol. The van der Waals surface area contributed by atoms with Crippen LogP contribution in [-0.4, -0.2) is 62.2 Å². The van der Waals surface area contributed by atoms with Crippen molar-refractivity contribution in [1.29, 1.82) is 0 Å². The Bertz CT molecular complexity index is 532. The van der Waals surface area contributed by atoms with Gasteiger partial charge in [-0.05, 0) is 0 Å². The van der Waals surface area contributed by atoms with Crippen LogP contribution in [0.15, 0.2) is 11.5 Å². The van der Waals surface area contributed by atoms with Gasteiger partial charge in [0, 0.05) is 0 Å². The summed E-state index contributed by atoms with van der Waals surface area (Å²) in [5.74, 6) is 1.86. The van der Waals surface area contributed by atoms with Crippen molar-refractivity contribution in [3.8, 4) is 0 Å². The summed E-state index contributed by atoms with van der Waals surface area (Å²) < 4.78 is 23.7. The number of nitrogens with zero attached hydrogens (tertiary/aromatic N) is 4. The molecule has 0 aromatic rings. The third-order valence-electron chi connectivity index (χ3n) is 4.32. The first-order valence-electron chi connectivity index (χ1n) is 8.46. The summed E-state index contributed by atoms with van der Waals surface area (Å²) >= 11 is 0. The van der Waals surface area contributed by atoms with Crippen LogP contribution in [0.1, 0.15) is 13.8 Å². The Hall–Kier alpha value is 0.474. The molecule has 0 bridgehead atoms. The van der Waals surface area contributed by atoms with Crippen LogP contribution in [0.25, 0.3) is 0 Å². The molecule has 1 fully saturated rings. The fraction of sp³-hybridized carbons (Fsp3) is 0.857. The van der Waals surface area contributed by atoms with Crippen LogP contribution < -0.4 is 0 Å². The zero-order chi connectivity index (χ0) is 18.9. The topological polar surface area (TPSA) is 31.4 Å². The second kappa shape index (κ2) is 5.73. The van der Waals surface area contributed by atoms with Crippen molar-refractivity contribution in [1.82, 2.24) is 17.6 Å². The molecule has 2 aliphatic rings. The standard InChI is InChI=1S/C14H36N4O2P2Si2/c1-13-14(2)20-22(19-13,16(5)6)17(23(7,8)9)21(15(3)4)18(22)24(10,11)12/h1-12H3. The molecule has 0 radical (unpaired) electrons. The summed E-state index contributed by atoms with van der Waals surface area (Å²) in [4.78, 5) is 0. The molecule has 0 unspecified atom stereocenters. The van der Waals surface area contributed by atoms with Crippen molar-refractivity contribution in [3.63, 3.8) is 0 Å². The number of allylic oxidation sites excluding steroid dienone is 2. The van der Waals surface area contributed by atoms with Crippen LogP contribution in [0, 0.1) is 0 Å². The molecule has 1 spiro atoms. The van der Waals surface area contributed by atoms with Gasteiger partial charge in [-0.3, -0.25) is 0 Å². The number of rotatable bonds is 4. The van der Waals surface area contributed by atoms with Crippen molar-refractivity contribution < 1.29 is 9.05 Å². The van der Waals surface area contributed by atoms with Crippen LogP contribution in [0.2, 0.25) is 39.3 Å². The Kier molecular flexibility index (Phi) is 4.96. The van der Waals surface area contributed by atoms with Crippen molar-refractivity contribution in [2.45, 2.75) is 53.1 Å². The zero-order valence-electron chi connectivity index (χ0n) is 17.5. The van der Waals surface area contributed by atoms with E-state index in [-0.39, 0.29) is 0 Å². The predicted molar refractivity (Wildman–Crippen MR) is 112 cm³/mol. The maximum absolute atomic E-state index is 6.83. The monoisotopic (exact) mass is 410 g/mol. The van der Waals surface area contributed by atoms with Gasteiger partial charge in [0.15, 0.2) is 0 Å². The molecule has 10 heteroatoms. The van der Waals surface area contributed by atoms with E-state index < -0.39 is 32.4 Å². The van der Waals surface area contributed by atoms with Gasteiger partial charge in [-0.1, -0.05) is 0 Å². The van der Waals surface area contributed by atoms with Gasteiger partial charge < -0.3 is 0 Å². The molecule has 142 valence electrons. The minimum atomic E-state index is -3.26. The van der Waals surface area contributed by atoms with Gasteiger partial charge in [0.05, 0.1) is 0 Å². The summed E-state index contributed by atoms with van der Waals surface area (Å²) in [5.41, 5.74) is 0. The molecule has 0 saturated carbocycles. The Labute approximate surface area is 152 Å². The average Bonchev–Trinajstić information content (AvgIpc) is 2.58. The van der Waals surface area contributed by atoms with Crippen LogP contribution in [0.4, 0.5) is 0 Å². The third kappa shape index (κ3) is 2.49. The summed E-state index contributed by atoms with van der Waals surface area (Å²) in [7, 11) is 1.39. The number of hydrogen-bond acceptors (Lipinski definition) is 6. The van der Waals surface area contributed by atoms with Crippen molar-refractivity contribution in [3.05, 3.63) is 11.5 Å². The van der Waals surface area contributed by atoms with Gasteiger partial charge in [-0.2, -0.15) is 0 Å². The van der Waals surface area contributed by atoms with E-state index in [2.05, 4.69) is 85.0 Å². The fourth-order valence-electron chi connectivity index (χ4n) is 3.59. The summed E-state index contributed by atoms with van der Waals surface area (Å²) in [5, 5.41) is 0. The summed E-state index contributed by atoms with van der Waals surface area (Å²) in [6.45, 7) is 18.5. The van der Waals surface area contributed by atoms with Crippen molar-refractivity contribution in [2.24, 2.45) is 0 Å². The SMILES string of the molecule is CC1=C(C)OP2(N(C)C)(O1)N([Si](C)(C)C)P(N(C)C)N2[Si](C)(C)C. The first-order valence-corrected chi connectivity index (χ1v) is 18.5. The van der Waals surface area contributed by atoms with Crippen LogP contribution in [0.5, 0.6) is 0 Å². The predicted octanol–water partition coefficient (Wildman–Crippen LogP) is 5.05. The van der Waals surface area contributed by atoms with Gasteiger partial charge in [0.25, 0.3) is 0 Å². The zero-order valence-corrected chi connectivity index (χ0v) is 21.3.